The monoisotopic (exact) mass is 396 g/mol. The topological polar surface area (TPSA) is 33.3 Å². The maximum Gasteiger partial charge on any atom is 0.171 e. The number of hydrogen-bond acceptors (Lipinski definition) is 2. The molecule has 1 atom stereocenters. The summed E-state index contributed by atoms with van der Waals surface area (Å²) in [5.74, 6) is 0.628. The highest BCUT2D eigenvalue weighted by molar-refractivity contribution is 7.80. The first-order valence-corrected chi connectivity index (χ1v) is 9.38. The first kappa shape index (κ1) is 19.2. The van der Waals surface area contributed by atoms with E-state index in [1.807, 2.05) is 30.3 Å². The van der Waals surface area contributed by atoms with Gasteiger partial charge in [0.1, 0.15) is 5.75 Å². The van der Waals surface area contributed by atoms with E-state index in [1.165, 1.54) is 5.56 Å². The largest absolute Gasteiger partial charge is 0.495 e. The average molecular weight is 397 g/mol. The van der Waals surface area contributed by atoms with E-state index in [1.54, 1.807) is 13.2 Å². The zero-order valence-corrected chi connectivity index (χ0v) is 16.8. The van der Waals surface area contributed by atoms with E-state index in [-0.39, 0.29) is 6.04 Å². The summed E-state index contributed by atoms with van der Waals surface area (Å²) in [6, 6.07) is 24.1. The highest BCUT2D eigenvalue weighted by Gasteiger charge is 2.15. The Balaban J connectivity index is 1.81. The minimum atomic E-state index is -0.0557. The van der Waals surface area contributed by atoms with E-state index in [0.717, 1.165) is 16.8 Å². The fraction of sp³-hybridized carbons (Fsp3) is 0.136. The van der Waals surface area contributed by atoms with Crippen molar-refractivity contribution in [3.63, 3.8) is 0 Å². The van der Waals surface area contributed by atoms with E-state index in [2.05, 4.69) is 54.0 Å². The lowest BCUT2D eigenvalue weighted by Crippen LogP contribution is -2.33. The quantitative estimate of drug-likeness (QED) is 0.539. The molecule has 0 amide bonds. The number of thiocarbonyl (C=S) groups is 1. The van der Waals surface area contributed by atoms with E-state index >= 15 is 0 Å². The molecule has 0 fully saturated rings. The molecule has 0 radical (unpaired) electrons. The van der Waals surface area contributed by atoms with Gasteiger partial charge in [-0.1, -0.05) is 71.8 Å². The molecule has 0 aliphatic heterocycles. The average Bonchev–Trinajstić information content (AvgIpc) is 2.67. The van der Waals surface area contributed by atoms with Crippen LogP contribution >= 0.6 is 23.8 Å². The predicted molar refractivity (Wildman–Crippen MR) is 117 cm³/mol. The molecular weight excluding hydrogens is 376 g/mol. The van der Waals surface area contributed by atoms with E-state index in [0.29, 0.717) is 15.9 Å². The Bertz CT molecular complexity index is 931. The molecule has 0 aliphatic carbocycles. The summed E-state index contributed by atoms with van der Waals surface area (Å²) in [5.41, 5.74) is 4.29. The van der Waals surface area contributed by atoms with Crippen LogP contribution in [-0.2, 0) is 0 Å². The number of benzene rings is 3. The van der Waals surface area contributed by atoms with E-state index in [4.69, 9.17) is 28.6 Å². The number of nitrogens with one attached hydrogen (secondary N) is 2. The third-order valence-electron chi connectivity index (χ3n) is 4.19. The van der Waals surface area contributed by atoms with Crippen LogP contribution in [0.3, 0.4) is 0 Å². The molecule has 0 spiro atoms. The molecule has 0 saturated heterocycles. The molecule has 0 saturated carbocycles. The predicted octanol–water partition coefficient (Wildman–Crippen LogP) is 5.73. The molecule has 0 heterocycles. The molecule has 0 unspecified atom stereocenters. The summed E-state index contributed by atoms with van der Waals surface area (Å²) in [6.07, 6.45) is 0. The molecule has 0 aromatic heterocycles. The van der Waals surface area contributed by atoms with Gasteiger partial charge in [0.15, 0.2) is 5.11 Å². The lowest BCUT2D eigenvalue weighted by atomic mass is 9.97. The Kier molecular flexibility index (Phi) is 6.32. The van der Waals surface area contributed by atoms with Crippen LogP contribution in [0.15, 0.2) is 72.8 Å². The van der Waals surface area contributed by atoms with Gasteiger partial charge in [-0.15, -0.1) is 0 Å². The van der Waals surface area contributed by atoms with Crippen molar-refractivity contribution in [2.24, 2.45) is 0 Å². The molecule has 3 aromatic rings. The van der Waals surface area contributed by atoms with Crippen LogP contribution in [-0.4, -0.2) is 12.2 Å². The zero-order valence-electron chi connectivity index (χ0n) is 15.2. The van der Waals surface area contributed by atoms with Crippen LogP contribution in [0.25, 0.3) is 0 Å². The van der Waals surface area contributed by atoms with E-state index in [9.17, 15) is 0 Å². The second-order valence-corrected chi connectivity index (χ2v) is 7.02. The van der Waals surface area contributed by atoms with Crippen LogP contribution in [0.5, 0.6) is 5.75 Å². The van der Waals surface area contributed by atoms with Crippen LogP contribution in [0.2, 0.25) is 5.02 Å². The molecule has 0 aliphatic rings. The maximum atomic E-state index is 6.20. The maximum absolute atomic E-state index is 6.20. The lowest BCUT2D eigenvalue weighted by molar-refractivity contribution is 0.415. The minimum absolute atomic E-state index is 0.0557. The van der Waals surface area contributed by atoms with Crippen LogP contribution < -0.4 is 15.4 Å². The fourth-order valence-corrected chi connectivity index (χ4v) is 3.39. The Morgan fingerprint density at radius 1 is 0.963 bits per heavy atom. The molecule has 27 heavy (non-hydrogen) atoms. The first-order valence-electron chi connectivity index (χ1n) is 8.59. The summed E-state index contributed by atoms with van der Waals surface area (Å²) in [4.78, 5) is 0. The number of hydrogen-bond donors (Lipinski definition) is 2. The highest BCUT2D eigenvalue weighted by atomic mass is 35.5. The summed E-state index contributed by atoms with van der Waals surface area (Å²) >= 11 is 11.8. The Hall–Kier alpha value is -2.56. The molecule has 3 aromatic carbocycles. The zero-order chi connectivity index (χ0) is 19.2. The van der Waals surface area contributed by atoms with Gasteiger partial charge < -0.3 is 15.4 Å². The molecule has 2 N–H and O–H groups in total. The van der Waals surface area contributed by atoms with Crippen molar-refractivity contribution in [2.75, 3.05) is 12.4 Å². The lowest BCUT2D eigenvalue weighted by Gasteiger charge is -2.22. The normalized spacial score (nSPS) is 11.5. The van der Waals surface area contributed by atoms with Crippen LogP contribution in [0.1, 0.15) is 22.7 Å². The van der Waals surface area contributed by atoms with Crippen molar-refractivity contribution in [1.29, 1.82) is 0 Å². The van der Waals surface area contributed by atoms with Crippen molar-refractivity contribution < 1.29 is 4.74 Å². The van der Waals surface area contributed by atoms with E-state index < -0.39 is 0 Å². The number of aryl methyl sites for hydroxylation is 1. The van der Waals surface area contributed by atoms with Crippen molar-refractivity contribution in [3.8, 4) is 5.75 Å². The molecule has 138 valence electrons. The Morgan fingerprint density at radius 2 is 1.70 bits per heavy atom. The Morgan fingerprint density at radius 3 is 2.37 bits per heavy atom. The van der Waals surface area contributed by atoms with Crippen molar-refractivity contribution >= 4 is 34.6 Å². The van der Waals surface area contributed by atoms with Gasteiger partial charge in [-0.3, -0.25) is 0 Å². The van der Waals surface area contributed by atoms with Gasteiger partial charge in [0, 0.05) is 5.69 Å². The number of anilines is 1. The number of ether oxygens (including phenoxy) is 1. The van der Waals surface area contributed by atoms with Gasteiger partial charge in [-0.05, 0) is 48.5 Å². The van der Waals surface area contributed by atoms with Gasteiger partial charge in [-0.2, -0.15) is 0 Å². The second-order valence-electron chi connectivity index (χ2n) is 6.21. The van der Waals surface area contributed by atoms with Gasteiger partial charge in [0.05, 0.1) is 18.2 Å². The van der Waals surface area contributed by atoms with Crippen LogP contribution in [0.4, 0.5) is 5.69 Å². The Labute approximate surface area is 170 Å². The molecule has 3 rings (SSSR count). The third kappa shape index (κ3) is 5.00. The second kappa shape index (κ2) is 8.89. The first-order chi connectivity index (χ1) is 13.1. The van der Waals surface area contributed by atoms with Gasteiger partial charge in [-0.25, -0.2) is 0 Å². The molecule has 5 heteroatoms. The SMILES string of the molecule is COc1ccc(NC(=S)N[C@H](c2ccccc2)c2cccc(C)c2)cc1Cl. The molecule has 3 nitrogen and oxygen atoms in total. The third-order valence-corrected chi connectivity index (χ3v) is 4.71. The van der Waals surface area contributed by atoms with Crippen molar-refractivity contribution in [3.05, 3.63) is 94.5 Å². The number of methoxy groups -OCH3 is 1. The van der Waals surface area contributed by atoms with Gasteiger partial charge >= 0.3 is 0 Å². The summed E-state index contributed by atoms with van der Waals surface area (Å²) < 4.78 is 5.19. The smallest absolute Gasteiger partial charge is 0.171 e. The summed E-state index contributed by atoms with van der Waals surface area (Å²) in [7, 11) is 1.59. The van der Waals surface area contributed by atoms with Gasteiger partial charge in [0.25, 0.3) is 0 Å². The highest BCUT2D eigenvalue weighted by Crippen LogP contribution is 2.28. The minimum Gasteiger partial charge on any atom is -0.495 e. The van der Waals surface area contributed by atoms with Gasteiger partial charge in [0.2, 0.25) is 0 Å². The number of halogens is 1. The van der Waals surface area contributed by atoms with Crippen molar-refractivity contribution in [1.82, 2.24) is 5.32 Å². The van der Waals surface area contributed by atoms with Crippen molar-refractivity contribution in [2.45, 2.75) is 13.0 Å². The number of rotatable bonds is 5. The molecule has 0 bridgehead atoms. The standard InChI is InChI=1S/C22H21ClN2OS/c1-15-7-6-10-17(13-15)21(16-8-4-3-5-9-16)25-22(27)24-18-11-12-20(26-2)19(23)14-18/h3-14,21H,1-2H3,(H2,24,25,27)/t21-/m1/s1. The molecular formula is C22H21ClN2OS. The summed E-state index contributed by atoms with van der Waals surface area (Å²) in [6.45, 7) is 2.08. The van der Waals surface area contributed by atoms with Crippen LogP contribution in [0, 0.1) is 6.92 Å². The summed E-state index contributed by atoms with van der Waals surface area (Å²) in [5, 5.41) is 7.67. The fourth-order valence-electron chi connectivity index (χ4n) is 2.90.